The molecule has 0 aliphatic rings. The summed E-state index contributed by atoms with van der Waals surface area (Å²) in [4.78, 5) is 0. The van der Waals surface area contributed by atoms with E-state index in [1.165, 1.54) is 19.3 Å². The fourth-order valence-electron chi connectivity index (χ4n) is 0.877. The van der Waals surface area contributed by atoms with Crippen molar-refractivity contribution in [1.82, 2.24) is 10.9 Å². The molecule has 2 N–H and O–H groups in total. The zero-order valence-electron chi connectivity index (χ0n) is 7.41. The summed E-state index contributed by atoms with van der Waals surface area (Å²) in [5.41, 5.74) is 6.40. The molecule has 0 aliphatic heterocycles. The first-order chi connectivity index (χ1) is 4.81. The molecule has 0 aromatic rings. The number of nitrogens with one attached hydrogen (secondary N) is 2. The van der Waals surface area contributed by atoms with Crippen LogP contribution in [0.3, 0.4) is 0 Å². The van der Waals surface area contributed by atoms with Crippen molar-refractivity contribution >= 4 is 0 Å². The van der Waals surface area contributed by atoms with Gasteiger partial charge in [0.05, 0.1) is 0 Å². The van der Waals surface area contributed by atoms with Gasteiger partial charge in [-0.2, -0.15) is 0 Å². The standard InChI is InChI=1S/C8H20N2/c1-4-6-8(3)10-9-7-5-2/h8-10H,4-7H2,1-3H3. The minimum atomic E-state index is 0.608. The molecule has 0 heterocycles. The van der Waals surface area contributed by atoms with Crippen LogP contribution in [-0.4, -0.2) is 12.6 Å². The summed E-state index contributed by atoms with van der Waals surface area (Å²) in [6.45, 7) is 7.64. The van der Waals surface area contributed by atoms with Crippen molar-refractivity contribution in [1.29, 1.82) is 0 Å². The van der Waals surface area contributed by atoms with Crippen molar-refractivity contribution < 1.29 is 0 Å². The number of hydrogen-bond acceptors (Lipinski definition) is 2. The van der Waals surface area contributed by atoms with Crippen LogP contribution in [0.1, 0.15) is 40.0 Å². The van der Waals surface area contributed by atoms with E-state index in [0.717, 1.165) is 6.54 Å². The Kier molecular flexibility index (Phi) is 6.98. The first-order valence-corrected chi connectivity index (χ1v) is 4.29. The van der Waals surface area contributed by atoms with Crippen molar-refractivity contribution in [2.24, 2.45) is 0 Å². The van der Waals surface area contributed by atoms with E-state index in [1.807, 2.05) is 0 Å². The molecule has 0 spiro atoms. The highest BCUT2D eigenvalue weighted by molar-refractivity contribution is 4.54. The number of hydrazine groups is 1. The van der Waals surface area contributed by atoms with E-state index in [1.54, 1.807) is 0 Å². The molecule has 1 atom stereocenters. The Hall–Kier alpha value is -0.0800. The van der Waals surface area contributed by atoms with Gasteiger partial charge in [-0.3, -0.25) is 10.9 Å². The van der Waals surface area contributed by atoms with Crippen LogP contribution in [0.2, 0.25) is 0 Å². The van der Waals surface area contributed by atoms with Crippen LogP contribution in [0, 0.1) is 0 Å². The van der Waals surface area contributed by atoms with Gasteiger partial charge in [-0.25, -0.2) is 0 Å². The number of rotatable bonds is 6. The molecule has 0 aliphatic carbocycles. The van der Waals surface area contributed by atoms with Crippen molar-refractivity contribution in [3.63, 3.8) is 0 Å². The fraction of sp³-hybridized carbons (Fsp3) is 1.00. The smallest absolute Gasteiger partial charge is 0.0184 e. The molecular weight excluding hydrogens is 124 g/mol. The average Bonchev–Trinajstić information content (AvgIpc) is 1.89. The van der Waals surface area contributed by atoms with Crippen LogP contribution in [0.15, 0.2) is 0 Å². The Balaban J connectivity index is 2.97. The largest absolute Gasteiger partial charge is 0.258 e. The van der Waals surface area contributed by atoms with Crippen LogP contribution in [0.5, 0.6) is 0 Å². The quantitative estimate of drug-likeness (QED) is 0.438. The molecule has 10 heavy (non-hydrogen) atoms. The van der Waals surface area contributed by atoms with Crippen molar-refractivity contribution in [2.45, 2.75) is 46.1 Å². The second kappa shape index (κ2) is 7.03. The van der Waals surface area contributed by atoms with Gasteiger partial charge in [0.25, 0.3) is 0 Å². The lowest BCUT2D eigenvalue weighted by atomic mass is 10.2. The molecule has 0 saturated heterocycles. The monoisotopic (exact) mass is 144 g/mol. The van der Waals surface area contributed by atoms with E-state index < -0.39 is 0 Å². The van der Waals surface area contributed by atoms with Crippen LogP contribution >= 0.6 is 0 Å². The molecule has 1 unspecified atom stereocenters. The van der Waals surface area contributed by atoms with E-state index in [2.05, 4.69) is 31.6 Å². The molecule has 2 nitrogen and oxygen atoms in total. The molecule has 62 valence electrons. The van der Waals surface area contributed by atoms with E-state index in [-0.39, 0.29) is 0 Å². The maximum Gasteiger partial charge on any atom is 0.0184 e. The summed E-state index contributed by atoms with van der Waals surface area (Å²) in [7, 11) is 0. The lowest BCUT2D eigenvalue weighted by Crippen LogP contribution is -2.39. The van der Waals surface area contributed by atoms with Gasteiger partial charge >= 0.3 is 0 Å². The summed E-state index contributed by atoms with van der Waals surface area (Å²) >= 11 is 0. The minimum absolute atomic E-state index is 0.608. The molecule has 0 aromatic carbocycles. The van der Waals surface area contributed by atoms with Crippen LogP contribution in [-0.2, 0) is 0 Å². The Morgan fingerprint density at radius 1 is 1.20 bits per heavy atom. The average molecular weight is 144 g/mol. The van der Waals surface area contributed by atoms with E-state index in [0.29, 0.717) is 6.04 Å². The van der Waals surface area contributed by atoms with Crippen LogP contribution in [0.25, 0.3) is 0 Å². The first-order valence-electron chi connectivity index (χ1n) is 4.29. The van der Waals surface area contributed by atoms with Gasteiger partial charge in [0.2, 0.25) is 0 Å². The lowest BCUT2D eigenvalue weighted by Gasteiger charge is -2.12. The lowest BCUT2D eigenvalue weighted by molar-refractivity contribution is 0.428. The van der Waals surface area contributed by atoms with E-state index in [9.17, 15) is 0 Å². The predicted molar refractivity (Wildman–Crippen MR) is 45.8 cm³/mol. The highest BCUT2D eigenvalue weighted by atomic mass is 15.4. The molecule has 0 rings (SSSR count). The highest BCUT2D eigenvalue weighted by Crippen LogP contribution is 1.92. The van der Waals surface area contributed by atoms with Gasteiger partial charge in [-0.15, -0.1) is 0 Å². The van der Waals surface area contributed by atoms with Crippen LogP contribution < -0.4 is 10.9 Å². The van der Waals surface area contributed by atoms with Gasteiger partial charge in [-0.05, 0) is 19.8 Å². The summed E-state index contributed by atoms with van der Waals surface area (Å²) in [6, 6.07) is 0.608. The SMILES string of the molecule is CCCNNC(C)CCC. The third kappa shape index (κ3) is 6.05. The van der Waals surface area contributed by atoms with E-state index in [4.69, 9.17) is 0 Å². The summed E-state index contributed by atoms with van der Waals surface area (Å²) in [5.74, 6) is 0. The molecule has 0 amide bonds. The summed E-state index contributed by atoms with van der Waals surface area (Å²) in [6.07, 6.45) is 3.69. The van der Waals surface area contributed by atoms with Gasteiger partial charge in [0.15, 0.2) is 0 Å². The minimum Gasteiger partial charge on any atom is -0.258 e. The molecular formula is C8H20N2. The summed E-state index contributed by atoms with van der Waals surface area (Å²) in [5, 5.41) is 0. The third-order valence-electron chi connectivity index (χ3n) is 1.45. The molecule has 0 saturated carbocycles. The zero-order valence-corrected chi connectivity index (χ0v) is 7.41. The normalized spacial score (nSPS) is 13.5. The Morgan fingerprint density at radius 2 is 1.90 bits per heavy atom. The van der Waals surface area contributed by atoms with Crippen molar-refractivity contribution in [3.8, 4) is 0 Å². The van der Waals surface area contributed by atoms with Crippen LogP contribution in [0.4, 0.5) is 0 Å². The van der Waals surface area contributed by atoms with Crippen molar-refractivity contribution in [2.75, 3.05) is 6.54 Å². The Bertz CT molecular complexity index is 64.3. The summed E-state index contributed by atoms with van der Waals surface area (Å²) < 4.78 is 0. The zero-order chi connectivity index (χ0) is 7.82. The molecule has 0 fully saturated rings. The molecule has 0 aromatic heterocycles. The maximum atomic E-state index is 3.23. The van der Waals surface area contributed by atoms with Gasteiger partial charge in [-0.1, -0.05) is 20.3 Å². The second-order valence-corrected chi connectivity index (χ2v) is 2.76. The fourth-order valence-corrected chi connectivity index (χ4v) is 0.877. The van der Waals surface area contributed by atoms with E-state index >= 15 is 0 Å². The molecule has 0 radical (unpaired) electrons. The number of hydrogen-bond donors (Lipinski definition) is 2. The third-order valence-corrected chi connectivity index (χ3v) is 1.45. The molecule has 2 heteroatoms. The Morgan fingerprint density at radius 3 is 2.40 bits per heavy atom. The first kappa shape index (κ1) is 9.92. The second-order valence-electron chi connectivity index (χ2n) is 2.76. The topological polar surface area (TPSA) is 24.1 Å². The van der Waals surface area contributed by atoms with Crippen molar-refractivity contribution in [3.05, 3.63) is 0 Å². The van der Waals surface area contributed by atoms with Gasteiger partial charge in [0.1, 0.15) is 0 Å². The maximum absolute atomic E-state index is 3.23. The van der Waals surface area contributed by atoms with Gasteiger partial charge in [0, 0.05) is 12.6 Å². The predicted octanol–water partition coefficient (Wildman–Crippen LogP) is 1.68. The highest BCUT2D eigenvalue weighted by Gasteiger charge is 1.95. The Labute approximate surface area is 64.4 Å². The van der Waals surface area contributed by atoms with Gasteiger partial charge < -0.3 is 0 Å². The molecule has 0 bridgehead atoms.